The van der Waals surface area contributed by atoms with Gasteiger partial charge >= 0.3 is 0 Å². The van der Waals surface area contributed by atoms with Crippen molar-refractivity contribution in [2.45, 2.75) is 0 Å². The average Bonchev–Trinajstić information content (AvgIpc) is 2.67. The molecular weight excluding hydrogens is 345 g/mol. The van der Waals surface area contributed by atoms with Crippen molar-refractivity contribution >= 4 is 28.5 Å². The third kappa shape index (κ3) is 3.23. The van der Waals surface area contributed by atoms with E-state index in [9.17, 15) is 4.39 Å². The molecule has 7 nitrogen and oxygen atoms in total. The van der Waals surface area contributed by atoms with Gasteiger partial charge in [0.1, 0.15) is 11.6 Å². The minimum absolute atomic E-state index is 0.129. The van der Waals surface area contributed by atoms with Gasteiger partial charge in [0.15, 0.2) is 5.65 Å². The van der Waals surface area contributed by atoms with E-state index in [1.807, 2.05) is 12.1 Å². The third-order valence-electron chi connectivity index (χ3n) is 4.91. The zero-order valence-electron chi connectivity index (χ0n) is 15.4. The molecule has 1 aliphatic rings. The molecule has 27 heavy (non-hydrogen) atoms. The van der Waals surface area contributed by atoms with Crippen molar-refractivity contribution in [2.75, 3.05) is 56.2 Å². The van der Waals surface area contributed by atoms with Gasteiger partial charge in [-0.3, -0.25) is 0 Å². The van der Waals surface area contributed by atoms with Crippen molar-refractivity contribution in [1.29, 1.82) is 0 Å². The summed E-state index contributed by atoms with van der Waals surface area (Å²) in [4.78, 5) is 17.5. The molecule has 3 N–H and O–H groups in total. The molecule has 4 rings (SSSR count). The second-order valence-corrected chi connectivity index (χ2v) is 6.67. The van der Waals surface area contributed by atoms with Gasteiger partial charge < -0.3 is 20.9 Å². The number of aromatic nitrogens is 3. The summed E-state index contributed by atoms with van der Waals surface area (Å²) >= 11 is 0. The van der Waals surface area contributed by atoms with E-state index < -0.39 is 0 Å². The molecule has 1 saturated heterocycles. The molecule has 0 unspecified atom stereocenters. The van der Waals surface area contributed by atoms with Crippen LogP contribution in [-0.4, -0.2) is 60.1 Å². The normalized spacial score (nSPS) is 15.3. The summed E-state index contributed by atoms with van der Waals surface area (Å²) in [5.41, 5.74) is 8.11. The number of rotatable bonds is 3. The molecule has 0 bridgehead atoms. The molecule has 2 aromatic heterocycles. The number of likely N-dealkylation sites (N-methyl/N-ethyl adjacent to an activating group) is 1. The van der Waals surface area contributed by atoms with E-state index in [4.69, 9.17) is 5.73 Å². The van der Waals surface area contributed by atoms with Crippen LogP contribution in [0.15, 0.2) is 30.3 Å². The predicted molar refractivity (Wildman–Crippen MR) is 106 cm³/mol. The number of pyridine rings is 1. The van der Waals surface area contributed by atoms with Crippen molar-refractivity contribution in [3.05, 3.63) is 36.1 Å². The highest BCUT2D eigenvalue weighted by Crippen LogP contribution is 2.34. The Hall–Kier alpha value is -3.00. The van der Waals surface area contributed by atoms with Crippen LogP contribution in [-0.2, 0) is 0 Å². The second kappa shape index (κ2) is 6.96. The topological polar surface area (TPSA) is 83.2 Å². The van der Waals surface area contributed by atoms with E-state index in [1.165, 1.54) is 6.07 Å². The first-order chi connectivity index (χ1) is 13.1. The number of piperazine rings is 1. The first kappa shape index (κ1) is 17.4. The summed E-state index contributed by atoms with van der Waals surface area (Å²) in [7, 11) is 3.86. The second-order valence-electron chi connectivity index (χ2n) is 6.67. The van der Waals surface area contributed by atoms with Crippen LogP contribution in [0.5, 0.6) is 0 Å². The van der Waals surface area contributed by atoms with Gasteiger partial charge in [-0.2, -0.15) is 9.97 Å². The van der Waals surface area contributed by atoms with Crippen LogP contribution < -0.4 is 16.0 Å². The van der Waals surface area contributed by atoms with E-state index in [2.05, 4.69) is 37.1 Å². The third-order valence-corrected chi connectivity index (χ3v) is 4.91. The van der Waals surface area contributed by atoms with Gasteiger partial charge in [0, 0.05) is 38.9 Å². The van der Waals surface area contributed by atoms with Crippen molar-refractivity contribution in [3.8, 4) is 11.3 Å². The number of anilines is 3. The van der Waals surface area contributed by atoms with E-state index in [0.717, 1.165) is 37.3 Å². The Morgan fingerprint density at radius 2 is 1.81 bits per heavy atom. The van der Waals surface area contributed by atoms with Crippen molar-refractivity contribution in [3.63, 3.8) is 0 Å². The molecule has 3 heterocycles. The van der Waals surface area contributed by atoms with E-state index >= 15 is 0 Å². The SMILES string of the molecule is CNc1nc(N)nc2nc(-c3c(F)cccc3N3CCN(C)CC3)ccc12. The number of nitrogen functional groups attached to an aromatic ring is 1. The maximum atomic E-state index is 14.8. The lowest BCUT2D eigenvalue weighted by molar-refractivity contribution is 0.313. The largest absolute Gasteiger partial charge is 0.372 e. The van der Waals surface area contributed by atoms with Crippen LogP contribution in [0.2, 0.25) is 0 Å². The van der Waals surface area contributed by atoms with Gasteiger partial charge in [-0.25, -0.2) is 9.37 Å². The monoisotopic (exact) mass is 367 g/mol. The smallest absolute Gasteiger partial charge is 0.224 e. The lowest BCUT2D eigenvalue weighted by atomic mass is 10.1. The Morgan fingerprint density at radius 3 is 2.56 bits per heavy atom. The molecule has 140 valence electrons. The number of benzene rings is 1. The van der Waals surface area contributed by atoms with Gasteiger partial charge in [-0.15, -0.1) is 0 Å². The highest BCUT2D eigenvalue weighted by Gasteiger charge is 2.21. The number of nitrogens with zero attached hydrogens (tertiary/aromatic N) is 5. The summed E-state index contributed by atoms with van der Waals surface area (Å²) in [6.07, 6.45) is 0. The van der Waals surface area contributed by atoms with Gasteiger partial charge in [0.25, 0.3) is 0 Å². The first-order valence-electron chi connectivity index (χ1n) is 8.91. The molecule has 3 aromatic rings. The number of hydrogen-bond donors (Lipinski definition) is 2. The molecule has 8 heteroatoms. The van der Waals surface area contributed by atoms with Crippen molar-refractivity contribution in [1.82, 2.24) is 19.9 Å². The van der Waals surface area contributed by atoms with E-state index in [1.54, 1.807) is 19.2 Å². The van der Waals surface area contributed by atoms with Crippen LogP contribution >= 0.6 is 0 Å². The maximum Gasteiger partial charge on any atom is 0.224 e. The average molecular weight is 367 g/mol. The first-order valence-corrected chi connectivity index (χ1v) is 8.91. The minimum atomic E-state index is -0.297. The molecule has 1 aromatic carbocycles. The molecule has 0 spiro atoms. The lowest BCUT2D eigenvalue weighted by Gasteiger charge is -2.35. The highest BCUT2D eigenvalue weighted by molar-refractivity contribution is 5.90. The van der Waals surface area contributed by atoms with Crippen LogP contribution in [0.25, 0.3) is 22.3 Å². The quantitative estimate of drug-likeness (QED) is 0.734. The summed E-state index contributed by atoms with van der Waals surface area (Å²) < 4.78 is 14.8. The van der Waals surface area contributed by atoms with E-state index in [-0.39, 0.29) is 11.8 Å². The number of fused-ring (bicyclic) bond motifs is 1. The van der Waals surface area contributed by atoms with Crippen LogP contribution in [0.3, 0.4) is 0 Å². The van der Waals surface area contributed by atoms with Crippen molar-refractivity contribution < 1.29 is 4.39 Å². The predicted octanol–water partition coefficient (Wildman–Crippen LogP) is 2.21. The fourth-order valence-corrected chi connectivity index (χ4v) is 3.43. The van der Waals surface area contributed by atoms with Gasteiger partial charge in [-0.1, -0.05) is 6.07 Å². The Balaban J connectivity index is 1.83. The fraction of sp³-hybridized carbons (Fsp3) is 0.316. The number of halogens is 1. The standard InChI is InChI=1S/C19H22FN7/c1-22-17-12-6-7-14(23-18(12)25-19(21)24-17)16-13(20)4-3-5-15(16)27-10-8-26(2)9-11-27/h3-7H,8-11H2,1-2H3,(H3,21,22,23,24,25). The van der Waals surface area contributed by atoms with E-state index in [0.29, 0.717) is 22.7 Å². The maximum absolute atomic E-state index is 14.8. The molecule has 1 fully saturated rings. The molecule has 0 saturated carbocycles. The zero-order valence-corrected chi connectivity index (χ0v) is 15.4. The Morgan fingerprint density at radius 1 is 1.04 bits per heavy atom. The van der Waals surface area contributed by atoms with Crippen molar-refractivity contribution in [2.24, 2.45) is 0 Å². The zero-order chi connectivity index (χ0) is 19.0. The van der Waals surface area contributed by atoms with Crippen LogP contribution in [0.1, 0.15) is 0 Å². The highest BCUT2D eigenvalue weighted by atomic mass is 19.1. The summed E-state index contributed by atoms with van der Waals surface area (Å²) in [6.45, 7) is 3.58. The number of hydrogen-bond acceptors (Lipinski definition) is 7. The Labute approximate surface area is 157 Å². The minimum Gasteiger partial charge on any atom is -0.372 e. The molecule has 0 aliphatic carbocycles. The molecule has 0 radical (unpaired) electrons. The fourth-order valence-electron chi connectivity index (χ4n) is 3.43. The lowest BCUT2D eigenvalue weighted by Crippen LogP contribution is -2.44. The summed E-state index contributed by atoms with van der Waals surface area (Å²) in [6, 6.07) is 8.81. The van der Waals surface area contributed by atoms with Gasteiger partial charge in [-0.05, 0) is 31.3 Å². The summed E-state index contributed by atoms with van der Waals surface area (Å²) in [5, 5.41) is 3.73. The Bertz CT molecular complexity index is 983. The Kier molecular flexibility index (Phi) is 4.49. The molecule has 1 aliphatic heterocycles. The molecule has 0 atom stereocenters. The van der Waals surface area contributed by atoms with Gasteiger partial charge in [0.05, 0.1) is 16.6 Å². The van der Waals surface area contributed by atoms with Crippen LogP contribution in [0.4, 0.5) is 21.8 Å². The molecule has 0 amide bonds. The molecular formula is C19H22FN7. The van der Waals surface area contributed by atoms with Crippen LogP contribution in [0, 0.1) is 5.82 Å². The van der Waals surface area contributed by atoms with Gasteiger partial charge in [0.2, 0.25) is 5.95 Å². The number of nitrogens with two attached hydrogens (primary N) is 1. The number of nitrogens with one attached hydrogen (secondary N) is 1. The summed E-state index contributed by atoms with van der Waals surface area (Å²) in [5.74, 6) is 0.433.